The molecule has 0 aliphatic heterocycles. The molecule has 0 aromatic carbocycles. The van der Waals surface area contributed by atoms with E-state index in [9.17, 15) is 0 Å². The summed E-state index contributed by atoms with van der Waals surface area (Å²) in [5, 5.41) is 0. The standard InChI is InChI=1S/C18H26.C10H15.C5H5.CH3.4ClH.2Zr/c1-9-10(2)14(6)17(13(9)5)18-15(7)11(3)12(4)16(18)8;1-7-6-10(4,5)9(3)8(7)2;1-2-4-5-3-1;;;;;;;/h13,15H,1-8H3;1-5H3;1-3H,4H2;1H3;4*1H;;/q;;;;;;;;2*+2/p-4. The van der Waals surface area contributed by atoms with Gasteiger partial charge in [0.1, 0.15) is 0 Å². The summed E-state index contributed by atoms with van der Waals surface area (Å²) in [6.07, 6.45) is 7.15. The second kappa shape index (κ2) is 15.7. The Labute approximate surface area is 285 Å². The van der Waals surface area contributed by atoms with Crippen molar-refractivity contribution in [3.8, 4) is 0 Å². The van der Waals surface area contributed by atoms with Crippen LogP contribution in [0.15, 0.2) is 86.1 Å². The fraction of sp³-hybridized carbons (Fsp3) is 0.529. The minimum atomic E-state index is -2.65. The number of allylic oxidation sites excluding steroid dienone is 16. The molecule has 221 valence electrons. The molecule has 0 amide bonds. The molecule has 0 N–H and O–H groups in total. The zero-order valence-electron chi connectivity index (χ0n) is 27.1. The number of halogens is 4. The molecule has 0 saturated carbocycles. The SMILES string of the molecule is CC1=C(C)C(C)(C)[C]([Zr+2])=C1C.CC1=C(C)C(C)C(C2=C(C)C(C)=C(C)C2C)=C1C.[CH3][Zr]([Cl])([Cl])[C]1=CC=CC1.[Cl-].[Cl-]. The molecule has 0 nitrogen and oxygen atoms in total. The van der Waals surface area contributed by atoms with E-state index in [1.807, 2.05) is 10.7 Å². The van der Waals surface area contributed by atoms with Crippen molar-refractivity contribution in [3.05, 3.63) is 86.1 Å². The zero-order valence-corrected chi connectivity index (χ0v) is 35.0. The first-order chi connectivity index (χ1) is 17.3. The summed E-state index contributed by atoms with van der Waals surface area (Å²) in [6.45, 7) is 29.9. The van der Waals surface area contributed by atoms with Crippen LogP contribution in [0.25, 0.3) is 0 Å². The number of rotatable bonds is 2. The van der Waals surface area contributed by atoms with Gasteiger partial charge in [0, 0.05) is 11.8 Å². The predicted molar refractivity (Wildman–Crippen MR) is 165 cm³/mol. The first-order valence-corrected chi connectivity index (χ1v) is 25.2. The van der Waals surface area contributed by atoms with Crippen molar-refractivity contribution in [2.75, 3.05) is 0 Å². The van der Waals surface area contributed by atoms with E-state index in [4.69, 9.17) is 17.0 Å². The van der Waals surface area contributed by atoms with E-state index < -0.39 is 17.9 Å². The second-order valence-corrected chi connectivity index (χ2v) is 29.5. The third kappa shape index (κ3) is 8.31. The average molecular weight is 782 g/mol. The summed E-state index contributed by atoms with van der Waals surface area (Å²) in [4.78, 5) is 0. The summed E-state index contributed by atoms with van der Waals surface area (Å²) < 4.78 is 4.91. The summed E-state index contributed by atoms with van der Waals surface area (Å²) >= 11 is -1.07. The molecule has 0 aromatic rings. The van der Waals surface area contributed by atoms with E-state index in [0.29, 0.717) is 17.3 Å². The maximum Gasteiger partial charge on any atom is -1.00 e. The van der Waals surface area contributed by atoms with Crippen LogP contribution in [0.5, 0.6) is 0 Å². The van der Waals surface area contributed by atoms with Crippen LogP contribution in [0, 0.1) is 17.3 Å². The van der Waals surface area contributed by atoms with Gasteiger partial charge < -0.3 is 24.8 Å². The topological polar surface area (TPSA) is 0 Å². The van der Waals surface area contributed by atoms with Crippen LogP contribution >= 0.6 is 17.0 Å². The molecule has 0 saturated heterocycles. The average Bonchev–Trinajstić information content (AvgIpc) is 3.54. The van der Waals surface area contributed by atoms with Crippen LogP contribution in [-0.2, 0) is 42.6 Å². The Balaban J connectivity index is 0.000000598. The molecule has 0 bridgehead atoms. The molecule has 4 aliphatic rings. The van der Waals surface area contributed by atoms with E-state index >= 15 is 0 Å². The van der Waals surface area contributed by atoms with E-state index in [-0.39, 0.29) is 24.8 Å². The predicted octanol–water partition coefficient (Wildman–Crippen LogP) is 6.12. The van der Waals surface area contributed by atoms with Crippen LogP contribution in [-0.4, -0.2) is 0 Å². The van der Waals surface area contributed by atoms with Crippen molar-refractivity contribution in [2.45, 2.75) is 101 Å². The molecule has 4 aliphatic carbocycles. The molecule has 0 radical (unpaired) electrons. The molecule has 2 unspecified atom stereocenters. The molecule has 0 heterocycles. The Hall–Kier alpha value is 0.846. The van der Waals surface area contributed by atoms with Gasteiger partial charge in [0.05, 0.1) is 0 Å². The minimum absolute atomic E-state index is 0. The second-order valence-electron chi connectivity index (χ2n) is 12.2. The third-order valence-electron chi connectivity index (χ3n) is 9.97. The van der Waals surface area contributed by atoms with Crippen molar-refractivity contribution < 1.29 is 67.4 Å². The monoisotopic (exact) mass is 777 g/mol. The summed E-state index contributed by atoms with van der Waals surface area (Å²) in [5.74, 6) is 1.19. The Kier molecular flexibility index (Phi) is 16.1. The van der Waals surface area contributed by atoms with E-state index in [2.05, 4.69) is 102 Å². The van der Waals surface area contributed by atoms with Gasteiger partial charge >= 0.3 is 152 Å². The fourth-order valence-electron chi connectivity index (χ4n) is 5.96. The van der Waals surface area contributed by atoms with Crippen molar-refractivity contribution >= 4 is 17.0 Å². The molecule has 0 spiro atoms. The third-order valence-corrected chi connectivity index (χ3v) is 19.0. The number of hydrogen-bond acceptors (Lipinski definition) is 0. The van der Waals surface area contributed by atoms with E-state index in [0.717, 1.165) is 6.42 Å². The van der Waals surface area contributed by atoms with Crippen molar-refractivity contribution in [2.24, 2.45) is 17.3 Å². The molecule has 0 aromatic heterocycles. The molecule has 2 atom stereocenters. The van der Waals surface area contributed by atoms with Gasteiger partial charge in [-0.15, -0.1) is 0 Å². The largest absolute Gasteiger partial charge is 1.00 e. The molecular weight excluding hydrogens is 733 g/mol. The Bertz CT molecular complexity index is 1180. The van der Waals surface area contributed by atoms with Crippen molar-refractivity contribution in [1.82, 2.24) is 0 Å². The maximum absolute atomic E-state index is 6.01. The van der Waals surface area contributed by atoms with Gasteiger partial charge in [0.15, 0.2) is 0 Å². The fourth-order valence-corrected chi connectivity index (χ4v) is 10.7. The number of hydrogen-bond donors (Lipinski definition) is 0. The van der Waals surface area contributed by atoms with Gasteiger partial charge in [-0.25, -0.2) is 0 Å². The first-order valence-electron chi connectivity index (χ1n) is 13.9. The summed E-state index contributed by atoms with van der Waals surface area (Å²) in [5.41, 5.74) is 17.3. The van der Waals surface area contributed by atoms with Gasteiger partial charge in [-0.2, -0.15) is 0 Å². The van der Waals surface area contributed by atoms with Gasteiger partial charge in [-0.3, -0.25) is 0 Å². The summed E-state index contributed by atoms with van der Waals surface area (Å²) in [6, 6.07) is 0. The Morgan fingerprint density at radius 2 is 1.12 bits per heavy atom. The van der Waals surface area contributed by atoms with E-state index in [1.54, 1.807) is 55.9 Å². The van der Waals surface area contributed by atoms with Crippen LogP contribution in [0.1, 0.15) is 96.4 Å². The van der Waals surface area contributed by atoms with Crippen LogP contribution in [0.4, 0.5) is 0 Å². The van der Waals surface area contributed by atoms with Crippen LogP contribution in [0.2, 0.25) is 4.63 Å². The first kappa shape index (κ1) is 40.8. The maximum atomic E-state index is 6.01. The van der Waals surface area contributed by atoms with Gasteiger partial charge in [-0.05, 0) is 75.0 Å². The van der Waals surface area contributed by atoms with Gasteiger partial charge in [0.25, 0.3) is 0 Å². The quantitative estimate of drug-likeness (QED) is 0.317. The molecule has 6 heteroatoms. The smallest absolute Gasteiger partial charge is 1.00 e. The molecule has 4 rings (SSSR count). The molecular formula is C34H49Cl4Zr2. The Morgan fingerprint density at radius 3 is 1.27 bits per heavy atom. The summed E-state index contributed by atoms with van der Waals surface area (Å²) in [7, 11) is 12.0. The van der Waals surface area contributed by atoms with Crippen LogP contribution in [0.3, 0.4) is 0 Å². The molecule has 40 heavy (non-hydrogen) atoms. The van der Waals surface area contributed by atoms with Crippen molar-refractivity contribution in [3.63, 3.8) is 0 Å². The van der Waals surface area contributed by atoms with Gasteiger partial charge in [0.2, 0.25) is 0 Å². The van der Waals surface area contributed by atoms with Crippen molar-refractivity contribution in [1.29, 1.82) is 0 Å². The molecule has 0 fully saturated rings. The van der Waals surface area contributed by atoms with Crippen LogP contribution < -0.4 is 24.8 Å². The Morgan fingerprint density at radius 1 is 0.725 bits per heavy atom. The normalized spacial score (nSPS) is 23.8. The van der Waals surface area contributed by atoms with Gasteiger partial charge in [-0.1, -0.05) is 25.0 Å². The minimum Gasteiger partial charge on any atom is -1.00 e. The zero-order chi connectivity index (χ0) is 29.5. The van der Waals surface area contributed by atoms with E-state index in [1.165, 1.54) is 36.7 Å².